The zero-order valence-corrected chi connectivity index (χ0v) is 13.3. The summed E-state index contributed by atoms with van der Waals surface area (Å²) in [6.07, 6.45) is 3.90. The number of aromatic nitrogens is 4. The molecule has 3 heterocycles. The Morgan fingerprint density at radius 3 is 2.86 bits per heavy atom. The van der Waals surface area contributed by atoms with E-state index in [-0.39, 0.29) is 11.5 Å². The van der Waals surface area contributed by atoms with Gasteiger partial charge in [0.1, 0.15) is 11.6 Å². The van der Waals surface area contributed by atoms with Crippen molar-refractivity contribution in [2.75, 3.05) is 18.0 Å². The Kier molecular flexibility index (Phi) is 3.92. The molecule has 0 bridgehead atoms. The number of rotatable bonds is 2. The molecule has 0 aromatic carbocycles. The molecule has 2 aromatic heterocycles. The Bertz CT molecular complexity index is 740. The SMILES string of the molecule is Cc1cnc(C)c(N2CCC[C@H](c3cc(=O)[nH]c(C)n3)C2)n1. The quantitative estimate of drug-likeness (QED) is 0.916. The van der Waals surface area contributed by atoms with Gasteiger partial charge in [-0.3, -0.25) is 9.78 Å². The largest absolute Gasteiger partial charge is 0.354 e. The van der Waals surface area contributed by atoms with Crippen LogP contribution < -0.4 is 10.5 Å². The van der Waals surface area contributed by atoms with Gasteiger partial charge in [0.15, 0.2) is 0 Å². The van der Waals surface area contributed by atoms with Crippen LogP contribution in [0, 0.1) is 20.8 Å². The second kappa shape index (κ2) is 5.87. The number of aryl methyl sites for hydroxylation is 3. The van der Waals surface area contributed by atoms with E-state index in [1.807, 2.05) is 20.8 Å². The number of anilines is 1. The van der Waals surface area contributed by atoms with Crippen molar-refractivity contribution in [3.05, 3.63) is 45.5 Å². The Labute approximate surface area is 129 Å². The summed E-state index contributed by atoms with van der Waals surface area (Å²) in [6, 6.07) is 1.62. The number of hydrogen-bond donors (Lipinski definition) is 1. The summed E-state index contributed by atoms with van der Waals surface area (Å²) < 4.78 is 0. The molecule has 22 heavy (non-hydrogen) atoms. The van der Waals surface area contributed by atoms with Gasteiger partial charge in [-0.2, -0.15) is 0 Å². The summed E-state index contributed by atoms with van der Waals surface area (Å²) in [5, 5.41) is 0. The molecule has 3 rings (SSSR count). The maximum Gasteiger partial charge on any atom is 0.251 e. The molecule has 1 fully saturated rings. The van der Waals surface area contributed by atoms with Crippen molar-refractivity contribution in [2.45, 2.75) is 39.5 Å². The zero-order valence-electron chi connectivity index (χ0n) is 13.3. The molecule has 6 heteroatoms. The average molecular weight is 299 g/mol. The molecule has 0 aliphatic carbocycles. The Hall–Kier alpha value is -2.24. The maximum absolute atomic E-state index is 11.7. The standard InChI is InChI=1S/C16H21N5O/c1-10-8-17-11(2)16(18-10)21-6-4-5-13(9-21)14-7-15(22)20-12(3)19-14/h7-8,13H,4-6,9H2,1-3H3,(H,19,20,22)/t13-/m0/s1. The van der Waals surface area contributed by atoms with Crippen LogP contribution in [0.2, 0.25) is 0 Å². The summed E-state index contributed by atoms with van der Waals surface area (Å²) >= 11 is 0. The van der Waals surface area contributed by atoms with Gasteiger partial charge in [0.25, 0.3) is 5.56 Å². The molecule has 0 amide bonds. The minimum absolute atomic E-state index is 0.0776. The van der Waals surface area contributed by atoms with Gasteiger partial charge in [-0.25, -0.2) is 9.97 Å². The summed E-state index contributed by atoms with van der Waals surface area (Å²) in [4.78, 5) is 30.2. The van der Waals surface area contributed by atoms with Crippen molar-refractivity contribution < 1.29 is 0 Å². The van der Waals surface area contributed by atoms with Crippen LogP contribution in [-0.4, -0.2) is 33.0 Å². The average Bonchev–Trinajstić information content (AvgIpc) is 2.49. The normalized spacial score (nSPS) is 18.5. The summed E-state index contributed by atoms with van der Waals surface area (Å²) in [7, 11) is 0. The van der Waals surface area contributed by atoms with Gasteiger partial charge in [-0.1, -0.05) is 0 Å². The number of H-pyrrole nitrogens is 1. The van der Waals surface area contributed by atoms with E-state index < -0.39 is 0 Å². The highest BCUT2D eigenvalue weighted by Crippen LogP contribution is 2.28. The third-order valence-electron chi connectivity index (χ3n) is 4.07. The van der Waals surface area contributed by atoms with Crippen molar-refractivity contribution in [1.82, 2.24) is 19.9 Å². The third kappa shape index (κ3) is 3.00. The van der Waals surface area contributed by atoms with Gasteiger partial charge in [-0.15, -0.1) is 0 Å². The van der Waals surface area contributed by atoms with Gasteiger partial charge < -0.3 is 9.88 Å². The van der Waals surface area contributed by atoms with Crippen molar-refractivity contribution in [3.8, 4) is 0 Å². The van der Waals surface area contributed by atoms with Crippen LogP contribution in [0.5, 0.6) is 0 Å². The van der Waals surface area contributed by atoms with E-state index in [4.69, 9.17) is 0 Å². The highest BCUT2D eigenvalue weighted by Gasteiger charge is 2.25. The first-order valence-corrected chi connectivity index (χ1v) is 7.66. The molecule has 1 atom stereocenters. The molecule has 0 spiro atoms. The lowest BCUT2D eigenvalue weighted by atomic mass is 9.94. The highest BCUT2D eigenvalue weighted by atomic mass is 16.1. The second-order valence-corrected chi connectivity index (χ2v) is 5.96. The maximum atomic E-state index is 11.7. The second-order valence-electron chi connectivity index (χ2n) is 5.96. The molecule has 1 aliphatic rings. The van der Waals surface area contributed by atoms with Crippen molar-refractivity contribution in [3.63, 3.8) is 0 Å². The number of nitrogens with one attached hydrogen (secondary N) is 1. The third-order valence-corrected chi connectivity index (χ3v) is 4.07. The lowest BCUT2D eigenvalue weighted by molar-refractivity contribution is 0.495. The molecule has 116 valence electrons. The molecule has 0 radical (unpaired) electrons. The van der Waals surface area contributed by atoms with Crippen LogP contribution in [0.1, 0.15) is 41.7 Å². The van der Waals surface area contributed by atoms with Gasteiger partial charge in [0.05, 0.1) is 17.1 Å². The Morgan fingerprint density at radius 1 is 1.27 bits per heavy atom. The molecule has 2 aromatic rings. The lowest BCUT2D eigenvalue weighted by Gasteiger charge is -2.34. The van der Waals surface area contributed by atoms with Crippen LogP contribution in [0.25, 0.3) is 0 Å². The zero-order chi connectivity index (χ0) is 15.7. The van der Waals surface area contributed by atoms with Crippen LogP contribution in [0.4, 0.5) is 5.82 Å². The van der Waals surface area contributed by atoms with Crippen LogP contribution >= 0.6 is 0 Å². The van der Waals surface area contributed by atoms with Crippen molar-refractivity contribution in [1.29, 1.82) is 0 Å². The predicted molar refractivity (Wildman–Crippen MR) is 85.3 cm³/mol. The first-order chi connectivity index (χ1) is 10.5. The smallest absolute Gasteiger partial charge is 0.251 e. The first-order valence-electron chi connectivity index (χ1n) is 7.66. The predicted octanol–water partition coefficient (Wildman–Crippen LogP) is 1.87. The number of hydrogen-bond acceptors (Lipinski definition) is 5. The molecule has 6 nitrogen and oxygen atoms in total. The van der Waals surface area contributed by atoms with Gasteiger partial charge in [0, 0.05) is 31.3 Å². The van der Waals surface area contributed by atoms with E-state index in [0.29, 0.717) is 5.82 Å². The minimum atomic E-state index is -0.0776. The van der Waals surface area contributed by atoms with Crippen molar-refractivity contribution in [2.24, 2.45) is 0 Å². The lowest BCUT2D eigenvalue weighted by Crippen LogP contribution is -2.36. The fourth-order valence-electron chi connectivity index (χ4n) is 3.05. The van der Waals surface area contributed by atoms with E-state index >= 15 is 0 Å². The van der Waals surface area contributed by atoms with E-state index in [0.717, 1.165) is 48.8 Å². The van der Waals surface area contributed by atoms with Gasteiger partial charge in [0.2, 0.25) is 0 Å². The summed E-state index contributed by atoms with van der Waals surface area (Å²) in [5.41, 5.74) is 2.67. The first kappa shape index (κ1) is 14.7. The van der Waals surface area contributed by atoms with E-state index in [1.165, 1.54) is 0 Å². The minimum Gasteiger partial charge on any atom is -0.354 e. The number of aromatic amines is 1. The van der Waals surface area contributed by atoms with E-state index in [9.17, 15) is 4.79 Å². The molecular formula is C16H21N5O. The van der Waals surface area contributed by atoms with E-state index in [2.05, 4.69) is 24.8 Å². The monoisotopic (exact) mass is 299 g/mol. The van der Waals surface area contributed by atoms with Crippen LogP contribution in [0.15, 0.2) is 17.1 Å². The van der Waals surface area contributed by atoms with Crippen molar-refractivity contribution >= 4 is 5.82 Å². The summed E-state index contributed by atoms with van der Waals surface area (Å²) in [5.74, 6) is 1.88. The molecule has 1 N–H and O–H groups in total. The highest BCUT2D eigenvalue weighted by molar-refractivity contribution is 5.44. The van der Waals surface area contributed by atoms with Crippen LogP contribution in [-0.2, 0) is 0 Å². The van der Waals surface area contributed by atoms with Crippen LogP contribution in [0.3, 0.4) is 0 Å². The van der Waals surface area contributed by atoms with Gasteiger partial charge >= 0.3 is 0 Å². The van der Waals surface area contributed by atoms with E-state index in [1.54, 1.807) is 12.3 Å². The topological polar surface area (TPSA) is 74.8 Å². The molecule has 0 unspecified atom stereocenters. The summed E-state index contributed by atoms with van der Waals surface area (Å²) in [6.45, 7) is 7.56. The fourth-order valence-corrected chi connectivity index (χ4v) is 3.05. The van der Waals surface area contributed by atoms with Gasteiger partial charge in [-0.05, 0) is 33.6 Å². The number of nitrogens with zero attached hydrogens (tertiary/aromatic N) is 4. The molecule has 0 saturated carbocycles. The number of piperidine rings is 1. The Balaban J connectivity index is 1.88. The molecule has 1 saturated heterocycles. The molecular weight excluding hydrogens is 278 g/mol. The Morgan fingerprint density at radius 2 is 2.09 bits per heavy atom. The molecule has 1 aliphatic heterocycles. The fraction of sp³-hybridized carbons (Fsp3) is 0.500.